The third kappa shape index (κ3) is 6.45. The van der Waals surface area contributed by atoms with Crippen molar-refractivity contribution in [2.75, 3.05) is 72.9 Å². The van der Waals surface area contributed by atoms with Crippen LogP contribution in [0, 0.1) is 0 Å². The Morgan fingerprint density at radius 3 is 2.56 bits per heavy atom. The Morgan fingerprint density at radius 1 is 1.00 bits per heavy atom. The summed E-state index contributed by atoms with van der Waals surface area (Å²) in [5, 5.41) is 6.65. The summed E-state index contributed by atoms with van der Waals surface area (Å²) in [4.78, 5) is 16.4. The highest BCUT2D eigenvalue weighted by Crippen LogP contribution is 2.38. The molecule has 4 heterocycles. The van der Waals surface area contributed by atoms with Crippen molar-refractivity contribution in [2.45, 2.75) is 24.9 Å². The molecule has 0 bridgehead atoms. The van der Waals surface area contributed by atoms with E-state index in [0.717, 1.165) is 43.0 Å². The highest BCUT2D eigenvalue weighted by molar-refractivity contribution is 7.92. The van der Waals surface area contributed by atoms with Gasteiger partial charge >= 0.3 is 0 Å². The molecule has 11 nitrogen and oxygen atoms in total. The number of ether oxygens (including phenoxy) is 1. The van der Waals surface area contributed by atoms with Gasteiger partial charge in [0, 0.05) is 37.4 Å². The van der Waals surface area contributed by atoms with Crippen LogP contribution in [0.5, 0.6) is 5.75 Å². The summed E-state index contributed by atoms with van der Waals surface area (Å²) >= 11 is 6.38. The highest BCUT2D eigenvalue weighted by atomic mass is 35.5. The standard InChI is InChI=1S/C28H35ClN8O3S/c1-35-11-9-20(10-12-35)36-13-14-37-21(17-36)18-40-26-15-19(7-8-25(26)37)31-28-30-16-22(29)27(33-28)32-23-5-3-4-6-24(23)34-41(2,38)39/h3-8,15-16,20-21,34H,9-14,17-18H2,1-2H3,(H2,30,31,32,33)/t21-/m1/s1. The molecule has 0 amide bonds. The summed E-state index contributed by atoms with van der Waals surface area (Å²) in [5.74, 6) is 1.52. The summed E-state index contributed by atoms with van der Waals surface area (Å²) in [6.45, 7) is 6.10. The van der Waals surface area contributed by atoms with Crippen LogP contribution in [0.2, 0.25) is 5.02 Å². The number of likely N-dealkylation sites (tertiary alicyclic amines) is 1. The van der Waals surface area contributed by atoms with Crippen molar-refractivity contribution in [3.63, 3.8) is 0 Å². The quantitative estimate of drug-likeness (QED) is 0.369. The average Bonchev–Trinajstić information content (AvgIpc) is 2.95. The summed E-state index contributed by atoms with van der Waals surface area (Å²) < 4.78 is 32.3. The molecule has 2 aromatic carbocycles. The number of benzene rings is 2. The number of piperidine rings is 1. The van der Waals surface area contributed by atoms with Gasteiger partial charge in [-0.25, -0.2) is 13.4 Å². The van der Waals surface area contributed by atoms with Gasteiger partial charge in [0.05, 0.1) is 35.6 Å². The number of sulfonamides is 1. The number of piperazine rings is 1. The van der Waals surface area contributed by atoms with Crippen LogP contribution in [-0.2, 0) is 10.0 Å². The fourth-order valence-electron chi connectivity index (χ4n) is 5.81. The van der Waals surface area contributed by atoms with Crippen molar-refractivity contribution in [1.82, 2.24) is 19.8 Å². The van der Waals surface area contributed by atoms with Gasteiger partial charge in [0.25, 0.3) is 0 Å². The molecule has 1 atom stereocenters. The number of rotatable bonds is 7. The molecule has 0 radical (unpaired) electrons. The van der Waals surface area contributed by atoms with E-state index >= 15 is 0 Å². The smallest absolute Gasteiger partial charge is 0.229 e. The van der Waals surface area contributed by atoms with E-state index in [-0.39, 0.29) is 0 Å². The third-order valence-electron chi connectivity index (χ3n) is 7.89. The molecular weight excluding hydrogens is 564 g/mol. The third-order valence-corrected chi connectivity index (χ3v) is 8.76. The van der Waals surface area contributed by atoms with Crippen molar-refractivity contribution in [2.24, 2.45) is 0 Å². The van der Waals surface area contributed by atoms with Crippen molar-refractivity contribution in [1.29, 1.82) is 0 Å². The van der Waals surface area contributed by atoms with Crippen LogP contribution >= 0.6 is 11.6 Å². The molecule has 13 heteroatoms. The van der Waals surface area contributed by atoms with Crippen LogP contribution < -0.4 is 25.0 Å². The maximum atomic E-state index is 11.8. The number of hydrogen-bond acceptors (Lipinski definition) is 10. The van der Waals surface area contributed by atoms with Gasteiger partial charge in [0.15, 0.2) is 5.82 Å². The van der Waals surface area contributed by atoms with Gasteiger partial charge in [0.2, 0.25) is 16.0 Å². The van der Waals surface area contributed by atoms with Gasteiger partial charge in [-0.05, 0) is 57.2 Å². The van der Waals surface area contributed by atoms with E-state index in [1.807, 2.05) is 12.1 Å². The highest BCUT2D eigenvalue weighted by Gasteiger charge is 2.36. The van der Waals surface area contributed by atoms with Gasteiger partial charge in [-0.1, -0.05) is 23.7 Å². The van der Waals surface area contributed by atoms with Crippen LogP contribution in [0.25, 0.3) is 0 Å². The minimum absolute atomic E-state index is 0.295. The number of nitrogens with zero attached hydrogens (tertiary/aromatic N) is 5. The van der Waals surface area contributed by atoms with E-state index in [4.69, 9.17) is 16.3 Å². The van der Waals surface area contributed by atoms with E-state index in [0.29, 0.717) is 46.9 Å². The lowest BCUT2D eigenvalue weighted by Crippen LogP contribution is -2.60. The molecule has 3 aromatic rings. The average molecular weight is 599 g/mol. The molecule has 0 unspecified atom stereocenters. The van der Waals surface area contributed by atoms with Crippen LogP contribution in [-0.4, -0.2) is 92.9 Å². The van der Waals surface area contributed by atoms with Gasteiger partial charge in [-0.3, -0.25) is 9.62 Å². The topological polar surface area (TPSA) is 115 Å². The number of nitrogens with one attached hydrogen (secondary N) is 3. The molecule has 3 aliphatic heterocycles. The fraction of sp³-hybridized carbons (Fsp3) is 0.429. The van der Waals surface area contributed by atoms with E-state index in [1.54, 1.807) is 24.3 Å². The largest absolute Gasteiger partial charge is 0.489 e. The molecule has 0 spiro atoms. The first kappa shape index (κ1) is 27.8. The first-order valence-corrected chi connectivity index (χ1v) is 16.1. The van der Waals surface area contributed by atoms with E-state index in [1.165, 1.54) is 32.1 Å². The predicted octanol–water partition coefficient (Wildman–Crippen LogP) is 3.97. The number of para-hydroxylation sites is 2. The maximum absolute atomic E-state index is 11.8. The summed E-state index contributed by atoms with van der Waals surface area (Å²) in [5.41, 5.74) is 2.80. The summed E-state index contributed by atoms with van der Waals surface area (Å²) in [6, 6.07) is 14.0. The van der Waals surface area contributed by atoms with Crippen LogP contribution in [0.15, 0.2) is 48.7 Å². The maximum Gasteiger partial charge on any atom is 0.229 e. The normalized spacial score (nSPS) is 20.1. The molecule has 6 rings (SSSR count). The zero-order valence-electron chi connectivity index (χ0n) is 23.2. The minimum atomic E-state index is -3.46. The first-order valence-electron chi connectivity index (χ1n) is 13.8. The molecule has 41 heavy (non-hydrogen) atoms. The van der Waals surface area contributed by atoms with Crippen molar-refractivity contribution in [3.05, 3.63) is 53.7 Å². The molecule has 0 aliphatic carbocycles. The van der Waals surface area contributed by atoms with E-state index in [9.17, 15) is 8.42 Å². The molecule has 2 saturated heterocycles. The van der Waals surface area contributed by atoms with Crippen molar-refractivity contribution < 1.29 is 13.2 Å². The Morgan fingerprint density at radius 2 is 1.78 bits per heavy atom. The molecule has 3 aliphatic rings. The first-order chi connectivity index (χ1) is 19.7. The number of halogens is 1. The lowest BCUT2D eigenvalue weighted by molar-refractivity contribution is 0.0868. The zero-order chi connectivity index (χ0) is 28.6. The number of anilines is 6. The number of fused-ring (bicyclic) bond motifs is 3. The summed E-state index contributed by atoms with van der Waals surface area (Å²) in [6.07, 6.45) is 5.07. The molecule has 2 fully saturated rings. The molecule has 218 valence electrons. The van der Waals surface area contributed by atoms with Crippen molar-refractivity contribution in [3.8, 4) is 5.75 Å². The Hall–Kier alpha value is -3.32. The van der Waals surface area contributed by atoms with Crippen LogP contribution in [0.3, 0.4) is 0 Å². The zero-order valence-corrected chi connectivity index (χ0v) is 24.7. The lowest BCUT2D eigenvalue weighted by atomic mass is 10.00. The van der Waals surface area contributed by atoms with Gasteiger partial charge < -0.3 is 25.2 Å². The van der Waals surface area contributed by atoms with Gasteiger partial charge in [-0.2, -0.15) is 4.98 Å². The predicted molar refractivity (Wildman–Crippen MR) is 164 cm³/mol. The van der Waals surface area contributed by atoms with Gasteiger partial charge in [0.1, 0.15) is 17.4 Å². The Balaban J connectivity index is 1.14. The number of aromatic nitrogens is 2. The van der Waals surface area contributed by atoms with Crippen LogP contribution in [0.4, 0.5) is 34.5 Å². The molecule has 1 aromatic heterocycles. The second-order valence-corrected chi connectivity index (χ2v) is 13.1. The molecular formula is C28H35ClN8O3S. The SMILES string of the molecule is CN1CCC(N2CCN3c4ccc(Nc5ncc(Cl)c(Nc6ccccc6NS(C)(=O)=O)n5)cc4OC[C@H]3C2)CC1. The lowest BCUT2D eigenvalue weighted by Gasteiger charge is -2.48. The summed E-state index contributed by atoms with van der Waals surface area (Å²) in [7, 11) is -1.26. The second kappa shape index (κ2) is 11.5. The molecule has 3 N–H and O–H groups in total. The van der Waals surface area contributed by atoms with E-state index in [2.05, 4.69) is 53.1 Å². The fourth-order valence-corrected chi connectivity index (χ4v) is 6.53. The van der Waals surface area contributed by atoms with Crippen LogP contribution in [0.1, 0.15) is 12.8 Å². The van der Waals surface area contributed by atoms with E-state index < -0.39 is 10.0 Å². The van der Waals surface area contributed by atoms with Gasteiger partial charge in [-0.15, -0.1) is 0 Å². The molecule has 0 saturated carbocycles. The van der Waals surface area contributed by atoms with Crippen molar-refractivity contribution >= 4 is 56.1 Å². The second-order valence-electron chi connectivity index (χ2n) is 10.9. The minimum Gasteiger partial charge on any atom is -0.489 e. The number of hydrogen-bond donors (Lipinski definition) is 3. The monoisotopic (exact) mass is 598 g/mol. The Bertz CT molecular complexity index is 1520. The Labute approximate surface area is 245 Å². The Kier molecular flexibility index (Phi) is 7.82.